The summed E-state index contributed by atoms with van der Waals surface area (Å²) < 4.78 is 16.9. The zero-order chi connectivity index (χ0) is 57.8. The van der Waals surface area contributed by atoms with Crippen molar-refractivity contribution in [1.29, 1.82) is 0 Å². The number of unbranched alkanes of at least 4 members (excludes halogenated alkanes) is 36. The highest BCUT2D eigenvalue weighted by Gasteiger charge is 2.19. The molecule has 0 heterocycles. The molecule has 0 amide bonds. The van der Waals surface area contributed by atoms with Crippen molar-refractivity contribution in [1.82, 2.24) is 0 Å². The van der Waals surface area contributed by atoms with Gasteiger partial charge in [-0.05, 0) is 83.5 Å². The molecule has 0 radical (unpaired) electrons. The Morgan fingerprint density at radius 1 is 0.275 bits per heavy atom. The fraction of sp³-hybridized carbons (Fsp3) is 0.743. The minimum absolute atomic E-state index is 0.107. The largest absolute Gasteiger partial charge is 0.462 e. The molecular formula is C74H128O6. The van der Waals surface area contributed by atoms with Gasteiger partial charge in [-0.2, -0.15) is 0 Å². The van der Waals surface area contributed by atoms with Gasteiger partial charge in [0.25, 0.3) is 0 Å². The summed E-state index contributed by atoms with van der Waals surface area (Å²) >= 11 is 0. The number of hydrogen-bond acceptors (Lipinski definition) is 6. The number of hydrogen-bond donors (Lipinski definition) is 0. The van der Waals surface area contributed by atoms with E-state index in [2.05, 4.69) is 106 Å². The Morgan fingerprint density at radius 3 is 0.875 bits per heavy atom. The molecular weight excluding hydrogens is 985 g/mol. The summed E-state index contributed by atoms with van der Waals surface area (Å²) in [5.41, 5.74) is 0. The first-order valence-electron chi connectivity index (χ1n) is 34.2. The molecule has 0 aliphatic carbocycles. The van der Waals surface area contributed by atoms with Crippen LogP contribution in [0.5, 0.6) is 0 Å². The Morgan fingerprint density at radius 2 is 0.537 bits per heavy atom. The minimum Gasteiger partial charge on any atom is -0.462 e. The number of esters is 3. The fourth-order valence-electron chi connectivity index (χ4n) is 9.76. The standard InChI is InChI=1S/C74H128O6/c1-4-7-10-13-16-19-22-25-28-30-32-34-36-37-38-40-41-43-46-49-52-55-58-61-64-67-73(76)79-70-71(69-78-72(75)66-63-60-57-54-51-48-45-27-24-21-18-15-12-9-6-3)80-74(77)68-65-62-59-56-53-50-47-44-42-39-35-33-31-29-26-23-20-17-14-11-8-5-2/h9,12,18,21-22,25,27,30,32,36-37,45,51,54,60,63,71H,4-8,10-11,13-17,19-20,23-24,26,28-29,31,33-35,38-44,46-50,52-53,55-59,61-62,64-70H2,1-3H3/b12-9-,21-18-,25-22-,32-30-,37-36-,45-27-,54-51-,63-60-. The Hall–Kier alpha value is -3.67. The van der Waals surface area contributed by atoms with Gasteiger partial charge in [0, 0.05) is 12.8 Å². The van der Waals surface area contributed by atoms with Gasteiger partial charge >= 0.3 is 17.9 Å². The average molecular weight is 1110 g/mol. The second-order valence-electron chi connectivity index (χ2n) is 22.7. The van der Waals surface area contributed by atoms with E-state index in [0.29, 0.717) is 12.8 Å². The second kappa shape index (κ2) is 67.8. The van der Waals surface area contributed by atoms with Crippen LogP contribution in [0.25, 0.3) is 0 Å². The number of rotatable bonds is 62. The lowest BCUT2D eigenvalue weighted by atomic mass is 10.0. The van der Waals surface area contributed by atoms with Crippen LogP contribution in [-0.4, -0.2) is 37.2 Å². The van der Waals surface area contributed by atoms with Gasteiger partial charge < -0.3 is 14.2 Å². The van der Waals surface area contributed by atoms with E-state index in [9.17, 15) is 14.4 Å². The molecule has 0 spiro atoms. The van der Waals surface area contributed by atoms with Crippen molar-refractivity contribution in [3.8, 4) is 0 Å². The number of carbonyl (C=O) groups excluding carboxylic acids is 3. The average Bonchev–Trinajstić information content (AvgIpc) is 3.46. The number of allylic oxidation sites excluding steroid dienone is 15. The summed E-state index contributed by atoms with van der Waals surface area (Å²) in [6, 6.07) is 0. The maximum atomic E-state index is 12.9. The number of carbonyl (C=O) groups is 3. The van der Waals surface area contributed by atoms with E-state index in [1.54, 1.807) is 6.08 Å². The summed E-state index contributed by atoms with van der Waals surface area (Å²) in [7, 11) is 0. The Kier molecular flexibility index (Phi) is 64.7. The molecule has 6 heteroatoms. The third-order valence-corrected chi connectivity index (χ3v) is 14.9. The molecule has 1 atom stereocenters. The summed E-state index contributed by atoms with van der Waals surface area (Å²) in [4.78, 5) is 38.3. The SMILES string of the molecule is CC/C=C\C/C=C\C/C=C\C/C=C\C/C=C\CC(=O)OCC(COC(=O)CCCCCCCCCCCC/C=C\C/C=C\C/C=C\CCCCCCC)OC(=O)CCCCCCCCCCCCCCCCCCCCCCCC. The van der Waals surface area contributed by atoms with Gasteiger partial charge in [0.2, 0.25) is 0 Å². The van der Waals surface area contributed by atoms with Crippen LogP contribution in [0.15, 0.2) is 97.2 Å². The van der Waals surface area contributed by atoms with E-state index in [4.69, 9.17) is 14.2 Å². The molecule has 0 saturated heterocycles. The molecule has 0 aromatic heterocycles. The first-order chi connectivity index (χ1) is 39.5. The van der Waals surface area contributed by atoms with Crippen molar-refractivity contribution < 1.29 is 28.6 Å². The van der Waals surface area contributed by atoms with Crippen molar-refractivity contribution in [3.05, 3.63) is 97.2 Å². The van der Waals surface area contributed by atoms with Crippen LogP contribution in [0.2, 0.25) is 0 Å². The number of ether oxygens (including phenoxy) is 3. The third kappa shape index (κ3) is 65.1. The summed E-state index contributed by atoms with van der Waals surface area (Å²) in [5, 5.41) is 0. The van der Waals surface area contributed by atoms with Crippen molar-refractivity contribution in [2.75, 3.05) is 13.2 Å². The topological polar surface area (TPSA) is 78.9 Å². The normalized spacial score (nSPS) is 12.7. The first-order valence-corrected chi connectivity index (χ1v) is 34.2. The van der Waals surface area contributed by atoms with Crippen LogP contribution in [0.3, 0.4) is 0 Å². The lowest BCUT2D eigenvalue weighted by molar-refractivity contribution is -0.166. The second-order valence-corrected chi connectivity index (χ2v) is 22.7. The highest BCUT2D eigenvalue weighted by molar-refractivity contribution is 5.72. The highest BCUT2D eigenvalue weighted by atomic mass is 16.6. The van der Waals surface area contributed by atoms with E-state index in [1.165, 1.54) is 212 Å². The van der Waals surface area contributed by atoms with Crippen molar-refractivity contribution in [2.45, 2.75) is 341 Å². The zero-order valence-electron chi connectivity index (χ0n) is 52.8. The van der Waals surface area contributed by atoms with Gasteiger partial charge in [-0.25, -0.2) is 0 Å². The molecule has 0 rings (SSSR count). The molecule has 6 nitrogen and oxygen atoms in total. The van der Waals surface area contributed by atoms with Gasteiger partial charge in [0.15, 0.2) is 6.10 Å². The predicted octanol–water partition coefficient (Wildman–Crippen LogP) is 23.6. The fourth-order valence-corrected chi connectivity index (χ4v) is 9.76. The zero-order valence-corrected chi connectivity index (χ0v) is 52.8. The molecule has 0 fully saturated rings. The van der Waals surface area contributed by atoms with E-state index in [0.717, 1.165) is 83.5 Å². The molecule has 0 saturated carbocycles. The molecule has 1 unspecified atom stereocenters. The minimum atomic E-state index is -0.820. The molecule has 460 valence electrons. The smallest absolute Gasteiger partial charge is 0.309 e. The Balaban J connectivity index is 4.38. The van der Waals surface area contributed by atoms with Gasteiger partial charge in [0.1, 0.15) is 13.2 Å². The quantitative estimate of drug-likeness (QED) is 0.0261. The van der Waals surface area contributed by atoms with Crippen LogP contribution in [0.1, 0.15) is 335 Å². The van der Waals surface area contributed by atoms with Crippen LogP contribution < -0.4 is 0 Å². The molecule has 0 N–H and O–H groups in total. The van der Waals surface area contributed by atoms with Crippen LogP contribution in [-0.2, 0) is 28.6 Å². The first kappa shape index (κ1) is 76.3. The Bertz CT molecular complexity index is 1560. The van der Waals surface area contributed by atoms with Gasteiger partial charge in [-0.1, -0.05) is 330 Å². The van der Waals surface area contributed by atoms with E-state index in [1.807, 2.05) is 6.08 Å². The van der Waals surface area contributed by atoms with Gasteiger partial charge in [-0.3, -0.25) is 14.4 Å². The van der Waals surface area contributed by atoms with E-state index < -0.39 is 12.1 Å². The Labute approximate surface area is 496 Å². The molecule has 0 aromatic rings. The molecule has 0 aromatic carbocycles. The third-order valence-electron chi connectivity index (χ3n) is 14.9. The lowest BCUT2D eigenvalue weighted by Gasteiger charge is -2.18. The molecule has 0 aliphatic rings. The highest BCUT2D eigenvalue weighted by Crippen LogP contribution is 2.17. The lowest BCUT2D eigenvalue weighted by Crippen LogP contribution is -2.30. The van der Waals surface area contributed by atoms with Crippen LogP contribution >= 0.6 is 0 Å². The summed E-state index contributed by atoms with van der Waals surface area (Å²) in [6.45, 7) is 6.47. The van der Waals surface area contributed by atoms with E-state index in [-0.39, 0.29) is 31.6 Å². The summed E-state index contributed by atoms with van der Waals surface area (Å²) in [6.07, 6.45) is 91.7. The predicted molar refractivity (Wildman–Crippen MR) is 348 cm³/mol. The molecule has 80 heavy (non-hydrogen) atoms. The maximum absolute atomic E-state index is 12.9. The van der Waals surface area contributed by atoms with Crippen molar-refractivity contribution in [2.24, 2.45) is 0 Å². The monoisotopic (exact) mass is 1110 g/mol. The summed E-state index contributed by atoms with van der Waals surface area (Å²) in [5.74, 6) is -1.03. The van der Waals surface area contributed by atoms with Crippen molar-refractivity contribution >= 4 is 17.9 Å². The van der Waals surface area contributed by atoms with Crippen molar-refractivity contribution in [3.63, 3.8) is 0 Å². The van der Waals surface area contributed by atoms with Crippen LogP contribution in [0.4, 0.5) is 0 Å². The van der Waals surface area contributed by atoms with Gasteiger partial charge in [0.05, 0.1) is 6.42 Å². The van der Waals surface area contributed by atoms with Crippen LogP contribution in [0, 0.1) is 0 Å². The maximum Gasteiger partial charge on any atom is 0.309 e. The molecule has 0 bridgehead atoms. The van der Waals surface area contributed by atoms with E-state index >= 15 is 0 Å². The van der Waals surface area contributed by atoms with Gasteiger partial charge in [-0.15, -0.1) is 0 Å². The molecule has 0 aliphatic heterocycles.